The highest BCUT2D eigenvalue weighted by atomic mass is 16.2. The summed E-state index contributed by atoms with van der Waals surface area (Å²) in [4.78, 5) is 14.5. The van der Waals surface area contributed by atoms with E-state index in [-0.39, 0.29) is 11.3 Å². The fourth-order valence-corrected chi connectivity index (χ4v) is 2.87. The average molecular weight is 232 g/mol. The van der Waals surface area contributed by atoms with Gasteiger partial charge < -0.3 is 10.2 Å². The first-order valence-corrected chi connectivity index (χ1v) is 6.14. The molecule has 2 aliphatic rings. The first kappa shape index (κ1) is 12.1. The van der Waals surface area contributed by atoms with Crippen molar-refractivity contribution in [3.8, 4) is 0 Å². The summed E-state index contributed by atoms with van der Waals surface area (Å²) in [6.07, 6.45) is 7.50. The van der Waals surface area contributed by atoms with E-state index in [1.54, 1.807) is 6.08 Å². The van der Waals surface area contributed by atoms with E-state index in [2.05, 4.69) is 29.9 Å². The second-order valence-corrected chi connectivity index (χ2v) is 4.86. The summed E-state index contributed by atoms with van der Waals surface area (Å²) in [5, 5.41) is 3.00. The Morgan fingerprint density at radius 2 is 2.06 bits per heavy atom. The van der Waals surface area contributed by atoms with Gasteiger partial charge in [-0.25, -0.2) is 0 Å². The molecule has 0 bridgehead atoms. The van der Waals surface area contributed by atoms with Crippen molar-refractivity contribution in [1.29, 1.82) is 0 Å². The molecule has 0 radical (unpaired) electrons. The molecule has 1 spiro atoms. The largest absolute Gasteiger partial charge is 0.325 e. The summed E-state index contributed by atoms with van der Waals surface area (Å²) in [5.74, 6) is 0.159. The van der Waals surface area contributed by atoms with E-state index in [0.717, 1.165) is 37.2 Å². The van der Waals surface area contributed by atoms with Gasteiger partial charge in [0.1, 0.15) is 0 Å². The number of piperidine rings is 1. The van der Waals surface area contributed by atoms with Gasteiger partial charge in [-0.1, -0.05) is 18.7 Å². The smallest absolute Gasteiger partial charge is 0.235 e. The van der Waals surface area contributed by atoms with Crippen LogP contribution in [-0.4, -0.2) is 30.9 Å². The summed E-state index contributed by atoms with van der Waals surface area (Å²) in [6, 6.07) is 0. The van der Waals surface area contributed by atoms with Crippen molar-refractivity contribution >= 4 is 5.91 Å². The van der Waals surface area contributed by atoms with Crippen LogP contribution in [0.1, 0.15) is 19.8 Å². The summed E-state index contributed by atoms with van der Waals surface area (Å²) in [5.41, 5.74) is 1.78. The Morgan fingerprint density at radius 1 is 1.41 bits per heavy atom. The van der Waals surface area contributed by atoms with E-state index in [1.165, 1.54) is 0 Å². The summed E-state index contributed by atoms with van der Waals surface area (Å²) in [7, 11) is 2.11. The molecule has 3 nitrogen and oxygen atoms in total. The molecule has 0 aromatic carbocycles. The minimum atomic E-state index is -0.296. The third kappa shape index (κ3) is 1.84. The van der Waals surface area contributed by atoms with E-state index in [1.807, 2.05) is 13.0 Å². The summed E-state index contributed by atoms with van der Waals surface area (Å²) >= 11 is 0. The monoisotopic (exact) mass is 232 g/mol. The number of likely N-dealkylation sites (tertiary alicyclic amines) is 1. The van der Waals surface area contributed by atoms with Crippen LogP contribution in [0.3, 0.4) is 0 Å². The standard InChI is InChI=1S/C14H20N2O/c1-4-6-12-11(5-2)14(13(17)15-12)7-9-16(3)10-8-14/h4-6H,1,7-10H2,2-3H3,(H,15,17)/b11-5+,12-6+. The van der Waals surface area contributed by atoms with Crippen molar-refractivity contribution in [2.45, 2.75) is 19.8 Å². The van der Waals surface area contributed by atoms with Gasteiger partial charge >= 0.3 is 0 Å². The zero-order valence-electron chi connectivity index (χ0n) is 10.6. The van der Waals surface area contributed by atoms with E-state index in [4.69, 9.17) is 0 Å². The lowest BCUT2D eigenvalue weighted by Crippen LogP contribution is -2.43. The zero-order valence-corrected chi connectivity index (χ0v) is 10.6. The maximum atomic E-state index is 12.3. The number of allylic oxidation sites excluding steroid dienone is 4. The predicted molar refractivity (Wildman–Crippen MR) is 69.3 cm³/mol. The van der Waals surface area contributed by atoms with Crippen molar-refractivity contribution in [3.05, 3.63) is 36.1 Å². The lowest BCUT2D eigenvalue weighted by molar-refractivity contribution is -0.128. The highest BCUT2D eigenvalue weighted by Crippen LogP contribution is 2.45. The van der Waals surface area contributed by atoms with Crippen LogP contribution in [0.15, 0.2) is 36.1 Å². The molecule has 0 aliphatic carbocycles. The summed E-state index contributed by atoms with van der Waals surface area (Å²) in [6.45, 7) is 7.66. The van der Waals surface area contributed by atoms with Gasteiger partial charge in [0.25, 0.3) is 0 Å². The SMILES string of the molecule is C=C/C=C1/NC(=O)C2(CCN(C)CC2)/C1=C/C. The minimum absolute atomic E-state index is 0.159. The van der Waals surface area contributed by atoms with Crippen LogP contribution >= 0.6 is 0 Å². The maximum Gasteiger partial charge on any atom is 0.235 e. The molecule has 2 aliphatic heterocycles. The number of carbonyl (C=O) groups is 1. The van der Waals surface area contributed by atoms with Crippen LogP contribution in [0.2, 0.25) is 0 Å². The fourth-order valence-electron chi connectivity index (χ4n) is 2.87. The van der Waals surface area contributed by atoms with Gasteiger partial charge in [-0.2, -0.15) is 0 Å². The van der Waals surface area contributed by atoms with Crippen molar-refractivity contribution in [1.82, 2.24) is 10.2 Å². The van der Waals surface area contributed by atoms with Crippen molar-refractivity contribution < 1.29 is 4.79 Å². The van der Waals surface area contributed by atoms with E-state index >= 15 is 0 Å². The number of carbonyl (C=O) groups excluding carboxylic acids is 1. The molecule has 2 saturated heterocycles. The predicted octanol–water partition coefficient (Wildman–Crippen LogP) is 1.84. The van der Waals surface area contributed by atoms with Gasteiger partial charge in [-0.05, 0) is 51.6 Å². The Bertz CT molecular complexity index is 398. The molecule has 1 amide bonds. The first-order chi connectivity index (χ1) is 8.14. The molecule has 0 saturated carbocycles. The molecule has 0 atom stereocenters. The van der Waals surface area contributed by atoms with Crippen LogP contribution in [0.4, 0.5) is 0 Å². The van der Waals surface area contributed by atoms with Crippen LogP contribution in [0, 0.1) is 5.41 Å². The summed E-state index contributed by atoms with van der Waals surface area (Å²) < 4.78 is 0. The quantitative estimate of drug-likeness (QED) is 0.748. The van der Waals surface area contributed by atoms with Gasteiger partial charge in [-0.3, -0.25) is 4.79 Å². The van der Waals surface area contributed by atoms with Gasteiger partial charge in [0.2, 0.25) is 5.91 Å². The molecule has 1 N–H and O–H groups in total. The van der Waals surface area contributed by atoms with Crippen molar-refractivity contribution in [2.24, 2.45) is 5.41 Å². The Labute approximate surface area is 103 Å². The minimum Gasteiger partial charge on any atom is -0.325 e. The van der Waals surface area contributed by atoms with Gasteiger partial charge in [0.15, 0.2) is 0 Å². The molecular weight excluding hydrogens is 212 g/mol. The number of nitrogens with one attached hydrogen (secondary N) is 1. The Morgan fingerprint density at radius 3 is 2.59 bits per heavy atom. The Kier molecular flexibility index (Phi) is 3.20. The molecule has 0 unspecified atom stereocenters. The zero-order chi connectivity index (χ0) is 12.5. The molecule has 17 heavy (non-hydrogen) atoms. The highest BCUT2D eigenvalue weighted by Gasteiger charge is 2.49. The average Bonchev–Trinajstić information content (AvgIpc) is 2.56. The topological polar surface area (TPSA) is 32.3 Å². The van der Waals surface area contributed by atoms with Crippen LogP contribution in [0.25, 0.3) is 0 Å². The molecule has 0 aromatic rings. The number of rotatable bonds is 1. The third-order valence-electron chi connectivity index (χ3n) is 3.90. The van der Waals surface area contributed by atoms with E-state index in [9.17, 15) is 4.79 Å². The van der Waals surface area contributed by atoms with Gasteiger partial charge in [0, 0.05) is 5.70 Å². The van der Waals surface area contributed by atoms with Crippen LogP contribution in [0.5, 0.6) is 0 Å². The second kappa shape index (κ2) is 4.49. The maximum absolute atomic E-state index is 12.3. The first-order valence-electron chi connectivity index (χ1n) is 6.14. The molecular formula is C14H20N2O. The second-order valence-electron chi connectivity index (χ2n) is 4.86. The van der Waals surface area contributed by atoms with Crippen LogP contribution < -0.4 is 5.32 Å². The van der Waals surface area contributed by atoms with Crippen molar-refractivity contribution in [3.63, 3.8) is 0 Å². The third-order valence-corrected chi connectivity index (χ3v) is 3.90. The van der Waals surface area contributed by atoms with Gasteiger partial charge in [0.05, 0.1) is 5.41 Å². The van der Waals surface area contributed by atoms with Gasteiger partial charge in [-0.15, -0.1) is 0 Å². The lowest BCUT2D eigenvalue weighted by atomic mass is 9.73. The van der Waals surface area contributed by atoms with E-state index in [0.29, 0.717) is 0 Å². The number of hydrogen-bond donors (Lipinski definition) is 1. The molecule has 2 heterocycles. The molecule has 2 fully saturated rings. The Hall–Kier alpha value is -1.35. The number of hydrogen-bond acceptors (Lipinski definition) is 2. The number of nitrogens with zero attached hydrogens (tertiary/aromatic N) is 1. The highest BCUT2D eigenvalue weighted by molar-refractivity contribution is 5.94. The molecule has 0 aromatic heterocycles. The normalized spacial score (nSPS) is 28.9. The lowest BCUT2D eigenvalue weighted by Gasteiger charge is -2.36. The Balaban J connectivity index is 2.37. The molecule has 3 heteroatoms. The molecule has 92 valence electrons. The fraction of sp³-hybridized carbons (Fsp3) is 0.500. The number of amides is 1. The van der Waals surface area contributed by atoms with E-state index < -0.39 is 0 Å². The van der Waals surface area contributed by atoms with Crippen LogP contribution in [-0.2, 0) is 4.79 Å². The molecule has 2 rings (SSSR count). The van der Waals surface area contributed by atoms with Crippen molar-refractivity contribution in [2.75, 3.05) is 20.1 Å².